The molecule has 0 bridgehead atoms. The molecule has 2 aromatic heterocycles. The van der Waals surface area contributed by atoms with Gasteiger partial charge >= 0.3 is 0 Å². The third-order valence-electron chi connectivity index (χ3n) is 4.13. The molecule has 1 aliphatic rings. The smallest absolute Gasteiger partial charge is 0.227 e. The lowest BCUT2D eigenvalue weighted by Crippen LogP contribution is -2.43. The van der Waals surface area contributed by atoms with Crippen molar-refractivity contribution in [3.8, 4) is 0 Å². The van der Waals surface area contributed by atoms with Crippen molar-refractivity contribution >= 4 is 5.91 Å². The lowest BCUT2D eigenvalue weighted by atomic mass is 10.1. The third kappa shape index (κ3) is 3.39. The number of ether oxygens (including phenoxy) is 1. The van der Waals surface area contributed by atoms with E-state index in [1.54, 1.807) is 6.20 Å². The van der Waals surface area contributed by atoms with Gasteiger partial charge in [0.1, 0.15) is 6.10 Å². The molecular formula is C16H21N5O2. The van der Waals surface area contributed by atoms with Crippen molar-refractivity contribution in [2.75, 3.05) is 19.7 Å². The first kappa shape index (κ1) is 15.6. The molecular weight excluding hydrogens is 294 g/mol. The fourth-order valence-electron chi connectivity index (χ4n) is 2.75. The molecule has 1 saturated heterocycles. The van der Waals surface area contributed by atoms with Gasteiger partial charge in [0.15, 0.2) is 5.82 Å². The minimum absolute atomic E-state index is 0.0820. The van der Waals surface area contributed by atoms with Crippen LogP contribution in [-0.2, 0) is 16.0 Å². The SMILES string of the molecule is Cc1ccnc([C@H]2CN(C(=O)Cc3c(C)n[nH]c3C)CCO2)n1. The largest absolute Gasteiger partial charge is 0.367 e. The maximum absolute atomic E-state index is 12.6. The predicted molar refractivity (Wildman–Crippen MR) is 83.8 cm³/mol. The van der Waals surface area contributed by atoms with Crippen LogP contribution in [-0.4, -0.2) is 50.7 Å². The van der Waals surface area contributed by atoms with Gasteiger partial charge in [-0.15, -0.1) is 0 Å². The zero-order valence-electron chi connectivity index (χ0n) is 13.7. The summed E-state index contributed by atoms with van der Waals surface area (Å²) in [4.78, 5) is 23.1. The van der Waals surface area contributed by atoms with E-state index in [4.69, 9.17) is 4.74 Å². The zero-order chi connectivity index (χ0) is 16.4. The Hall–Kier alpha value is -2.28. The highest BCUT2D eigenvalue weighted by atomic mass is 16.5. The number of aromatic nitrogens is 4. The van der Waals surface area contributed by atoms with Crippen molar-refractivity contribution < 1.29 is 9.53 Å². The third-order valence-corrected chi connectivity index (χ3v) is 4.13. The molecule has 2 aromatic rings. The van der Waals surface area contributed by atoms with Crippen LogP contribution in [0.15, 0.2) is 12.3 Å². The summed E-state index contributed by atoms with van der Waals surface area (Å²) in [6.07, 6.45) is 1.81. The molecule has 23 heavy (non-hydrogen) atoms. The Morgan fingerprint density at radius 1 is 1.43 bits per heavy atom. The Labute approximate surface area is 135 Å². The Bertz CT molecular complexity index is 693. The number of H-pyrrole nitrogens is 1. The summed E-state index contributed by atoms with van der Waals surface area (Å²) >= 11 is 0. The molecule has 0 radical (unpaired) electrons. The summed E-state index contributed by atoms with van der Waals surface area (Å²) < 4.78 is 5.74. The second-order valence-corrected chi connectivity index (χ2v) is 5.84. The predicted octanol–water partition coefficient (Wildman–Crippen LogP) is 1.27. The van der Waals surface area contributed by atoms with Crippen LogP contribution in [0.3, 0.4) is 0 Å². The lowest BCUT2D eigenvalue weighted by Gasteiger charge is -2.32. The van der Waals surface area contributed by atoms with Crippen molar-refractivity contribution in [3.05, 3.63) is 40.7 Å². The first-order chi connectivity index (χ1) is 11.0. The van der Waals surface area contributed by atoms with Crippen molar-refractivity contribution in [2.24, 2.45) is 0 Å². The lowest BCUT2D eigenvalue weighted by molar-refractivity contribution is -0.138. The normalized spacial score (nSPS) is 18.2. The van der Waals surface area contributed by atoms with E-state index < -0.39 is 0 Å². The van der Waals surface area contributed by atoms with Crippen molar-refractivity contribution in [2.45, 2.75) is 33.3 Å². The molecule has 7 nitrogen and oxygen atoms in total. The number of nitrogens with zero attached hydrogens (tertiary/aromatic N) is 4. The molecule has 3 heterocycles. The summed E-state index contributed by atoms with van der Waals surface area (Å²) in [5, 5.41) is 7.07. The summed E-state index contributed by atoms with van der Waals surface area (Å²) in [7, 11) is 0. The monoisotopic (exact) mass is 315 g/mol. The fraction of sp³-hybridized carbons (Fsp3) is 0.500. The zero-order valence-corrected chi connectivity index (χ0v) is 13.7. The molecule has 1 aliphatic heterocycles. The van der Waals surface area contributed by atoms with Crippen LogP contribution in [0.1, 0.15) is 34.6 Å². The Morgan fingerprint density at radius 2 is 2.26 bits per heavy atom. The van der Waals surface area contributed by atoms with Crippen LogP contribution in [0.5, 0.6) is 0 Å². The van der Waals surface area contributed by atoms with Crippen LogP contribution in [0.4, 0.5) is 0 Å². The molecule has 122 valence electrons. The molecule has 1 fully saturated rings. The number of nitrogens with one attached hydrogen (secondary N) is 1. The van der Waals surface area contributed by atoms with Gasteiger partial charge in [0, 0.05) is 29.7 Å². The van der Waals surface area contributed by atoms with Crippen LogP contribution in [0, 0.1) is 20.8 Å². The quantitative estimate of drug-likeness (QED) is 0.922. The number of hydrogen-bond acceptors (Lipinski definition) is 5. The number of carbonyl (C=O) groups is 1. The van der Waals surface area contributed by atoms with Crippen LogP contribution < -0.4 is 0 Å². The fourth-order valence-corrected chi connectivity index (χ4v) is 2.75. The van der Waals surface area contributed by atoms with Crippen molar-refractivity contribution in [1.82, 2.24) is 25.1 Å². The van der Waals surface area contributed by atoms with Crippen LogP contribution in [0.25, 0.3) is 0 Å². The molecule has 0 aromatic carbocycles. The van der Waals surface area contributed by atoms with E-state index >= 15 is 0 Å². The molecule has 0 spiro atoms. The highest BCUT2D eigenvalue weighted by molar-refractivity contribution is 5.79. The maximum atomic E-state index is 12.6. The number of carbonyl (C=O) groups excluding carboxylic acids is 1. The molecule has 0 unspecified atom stereocenters. The maximum Gasteiger partial charge on any atom is 0.227 e. The van der Waals surface area contributed by atoms with E-state index in [9.17, 15) is 4.79 Å². The van der Waals surface area contributed by atoms with Gasteiger partial charge in [0.2, 0.25) is 5.91 Å². The number of rotatable bonds is 3. The van der Waals surface area contributed by atoms with Crippen LogP contribution >= 0.6 is 0 Å². The van der Waals surface area contributed by atoms with Gasteiger partial charge in [-0.25, -0.2) is 9.97 Å². The minimum Gasteiger partial charge on any atom is -0.367 e. The average Bonchev–Trinajstić information content (AvgIpc) is 2.87. The molecule has 7 heteroatoms. The first-order valence-electron chi connectivity index (χ1n) is 7.74. The van der Waals surface area contributed by atoms with E-state index in [0.717, 1.165) is 22.6 Å². The highest BCUT2D eigenvalue weighted by Crippen LogP contribution is 2.20. The number of morpholine rings is 1. The van der Waals surface area contributed by atoms with Gasteiger partial charge < -0.3 is 9.64 Å². The Balaban J connectivity index is 1.70. The molecule has 1 amide bonds. The van der Waals surface area contributed by atoms with Gasteiger partial charge in [-0.2, -0.15) is 5.10 Å². The minimum atomic E-state index is -0.265. The average molecular weight is 315 g/mol. The second-order valence-electron chi connectivity index (χ2n) is 5.84. The standard InChI is InChI=1S/C16H21N5O2/c1-10-4-5-17-16(18-10)14-9-21(6-7-23-14)15(22)8-13-11(2)19-20-12(13)3/h4-5,14H,6-9H2,1-3H3,(H,19,20)/t14-/m1/s1. The summed E-state index contributed by atoms with van der Waals surface area (Å²) in [5.74, 6) is 0.719. The van der Waals surface area contributed by atoms with Crippen molar-refractivity contribution in [3.63, 3.8) is 0 Å². The van der Waals surface area contributed by atoms with Crippen molar-refractivity contribution in [1.29, 1.82) is 0 Å². The van der Waals surface area contributed by atoms with E-state index in [1.807, 2.05) is 31.7 Å². The van der Waals surface area contributed by atoms with E-state index in [1.165, 1.54) is 0 Å². The van der Waals surface area contributed by atoms with E-state index in [-0.39, 0.29) is 12.0 Å². The molecule has 1 N–H and O–H groups in total. The van der Waals surface area contributed by atoms with Gasteiger partial charge in [-0.05, 0) is 26.8 Å². The highest BCUT2D eigenvalue weighted by Gasteiger charge is 2.28. The number of hydrogen-bond donors (Lipinski definition) is 1. The van der Waals surface area contributed by atoms with E-state index in [0.29, 0.717) is 31.9 Å². The van der Waals surface area contributed by atoms with Gasteiger partial charge in [-0.3, -0.25) is 9.89 Å². The molecule has 0 saturated carbocycles. The van der Waals surface area contributed by atoms with Gasteiger partial charge in [-0.1, -0.05) is 0 Å². The number of aryl methyl sites for hydroxylation is 3. The Morgan fingerprint density at radius 3 is 2.96 bits per heavy atom. The second kappa shape index (κ2) is 6.45. The van der Waals surface area contributed by atoms with Gasteiger partial charge in [0.05, 0.1) is 25.3 Å². The summed E-state index contributed by atoms with van der Waals surface area (Å²) in [5.41, 5.74) is 3.70. The van der Waals surface area contributed by atoms with Gasteiger partial charge in [0.25, 0.3) is 0 Å². The molecule has 3 rings (SSSR count). The van der Waals surface area contributed by atoms with E-state index in [2.05, 4.69) is 20.2 Å². The molecule has 0 aliphatic carbocycles. The number of aromatic amines is 1. The summed E-state index contributed by atoms with van der Waals surface area (Å²) in [6, 6.07) is 1.85. The molecule has 1 atom stereocenters. The number of amides is 1. The first-order valence-corrected chi connectivity index (χ1v) is 7.74. The van der Waals surface area contributed by atoms with Crippen LogP contribution in [0.2, 0.25) is 0 Å². The Kier molecular flexibility index (Phi) is 4.38. The summed E-state index contributed by atoms with van der Waals surface area (Å²) in [6.45, 7) is 7.34. The topological polar surface area (TPSA) is 84.0 Å².